The molecule has 0 aromatic carbocycles. The van der Waals surface area contributed by atoms with E-state index in [1.165, 1.54) is 0 Å². The summed E-state index contributed by atoms with van der Waals surface area (Å²) in [6.07, 6.45) is 4.41. The van der Waals surface area contributed by atoms with E-state index < -0.39 is 0 Å². The van der Waals surface area contributed by atoms with E-state index in [4.69, 9.17) is 23.2 Å². The van der Waals surface area contributed by atoms with Gasteiger partial charge in [-0.05, 0) is 25.0 Å². The molecule has 0 unspecified atom stereocenters. The summed E-state index contributed by atoms with van der Waals surface area (Å²) in [5.41, 5.74) is 1.80. The van der Waals surface area contributed by atoms with Gasteiger partial charge in [0.1, 0.15) is 10.3 Å². The first-order chi connectivity index (χ1) is 7.15. The normalized spacial score (nSPS) is 10.9. The van der Waals surface area contributed by atoms with Gasteiger partial charge in [0.05, 0.1) is 0 Å². The van der Waals surface area contributed by atoms with Gasteiger partial charge >= 0.3 is 0 Å². The van der Waals surface area contributed by atoms with Gasteiger partial charge in [0.15, 0.2) is 0 Å². The summed E-state index contributed by atoms with van der Waals surface area (Å²) in [4.78, 5) is 8.17. The van der Waals surface area contributed by atoms with Crippen LogP contribution < -0.4 is 0 Å². The van der Waals surface area contributed by atoms with Gasteiger partial charge in [0.2, 0.25) is 0 Å². The third-order valence-corrected chi connectivity index (χ3v) is 2.35. The molecule has 0 saturated heterocycles. The summed E-state index contributed by atoms with van der Waals surface area (Å²) in [7, 11) is 0. The van der Waals surface area contributed by atoms with Gasteiger partial charge in [-0.3, -0.25) is 4.99 Å². The minimum absolute atomic E-state index is 0.391. The van der Waals surface area contributed by atoms with E-state index in [9.17, 15) is 0 Å². The number of rotatable bonds is 4. The molecule has 0 aliphatic heterocycles. The molecule has 1 heterocycles. The molecule has 4 heteroatoms. The van der Waals surface area contributed by atoms with Crippen LogP contribution in [0.15, 0.2) is 23.7 Å². The van der Waals surface area contributed by atoms with Gasteiger partial charge in [0, 0.05) is 18.3 Å². The van der Waals surface area contributed by atoms with Crippen LogP contribution in [0.25, 0.3) is 0 Å². The largest absolute Gasteiger partial charge is 0.292 e. The Balaban J connectivity index is 2.85. The second kappa shape index (κ2) is 5.89. The zero-order chi connectivity index (χ0) is 11.3. The monoisotopic (exact) mass is 242 g/mol. The van der Waals surface area contributed by atoms with Gasteiger partial charge in [-0.2, -0.15) is 0 Å². The van der Waals surface area contributed by atoms with Gasteiger partial charge in [0.25, 0.3) is 0 Å². The minimum atomic E-state index is 0.391. The van der Waals surface area contributed by atoms with Crippen molar-refractivity contribution in [3.05, 3.63) is 40.2 Å². The maximum Gasteiger partial charge on any atom is 0.139 e. The number of aryl methyl sites for hydroxylation is 1. The van der Waals surface area contributed by atoms with E-state index in [0.29, 0.717) is 16.9 Å². The third kappa shape index (κ3) is 3.65. The lowest BCUT2D eigenvalue weighted by atomic mass is 10.2. The van der Waals surface area contributed by atoms with E-state index >= 15 is 0 Å². The summed E-state index contributed by atoms with van der Waals surface area (Å²) in [6, 6.07) is 1.77. The van der Waals surface area contributed by atoms with Gasteiger partial charge in [-0.1, -0.05) is 29.3 Å². The molecule has 0 amide bonds. The van der Waals surface area contributed by atoms with Gasteiger partial charge in [-0.15, -0.1) is 6.58 Å². The predicted molar refractivity (Wildman–Crippen MR) is 66.3 cm³/mol. The molecule has 0 aliphatic rings. The molecule has 1 rings (SSSR count). The van der Waals surface area contributed by atoms with Crippen LogP contribution in [0.3, 0.4) is 0 Å². The Kier molecular flexibility index (Phi) is 4.79. The van der Waals surface area contributed by atoms with Crippen molar-refractivity contribution in [3.63, 3.8) is 0 Å². The molecule has 80 valence electrons. The van der Waals surface area contributed by atoms with Crippen molar-refractivity contribution in [1.29, 1.82) is 0 Å². The molecule has 1 aromatic heterocycles. The number of aromatic nitrogens is 1. The first kappa shape index (κ1) is 12.2. The second-order valence-electron chi connectivity index (χ2n) is 3.08. The van der Waals surface area contributed by atoms with Crippen LogP contribution in [-0.2, 0) is 0 Å². The highest BCUT2D eigenvalue weighted by molar-refractivity contribution is 6.34. The SMILES string of the molecule is C=CCCN=Cc1c(C)cc(Cl)nc1Cl. The molecule has 0 saturated carbocycles. The van der Waals surface area contributed by atoms with Crippen molar-refractivity contribution in [2.24, 2.45) is 4.99 Å². The Morgan fingerprint density at radius 3 is 2.87 bits per heavy atom. The van der Waals surface area contributed by atoms with E-state index in [1.807, 2.05) is 13.0 Å². The van der Waals surface area contributed by atoms with Crippen LogP contribution >= 0.6 is 23.2 Å². The predicted octanol–water partition coefficient (Wildman–Crippen LogP) is 3.69. The molecule has 0 bridgehead atoms. The standard InChI is InChI=1S/C11H12Cl2N2/c1-3-4-5-14-7-9-8(2)6-10(12)15-11(9)13/h3,6-7H,1,4-5H2,2H3. The highest BCUT2D eigenvalue weighted by Crippen LogP contribution is 2.19. The van der Waals surface area contributed by atoms with Crippen LogP contribution in [0.2, 0.25) is 10.3 Å². The molecule has 2 nitrogen and oxygen atoms in total. The van der Waals surface area contributed by atoms with Crippen molar-refractivity contribution in [1.82, 2.24) is 4.98 Å². The lowest BCUT2D eigenvalue weighted by molar-refractivity contribution is 1.01. The summed E-state index contributed by atoms with van der Waals surface area (Å²) in [5.74, 6) is 0. The Hall–Kier alpha value is -0.860. The molecule has 0 atom stereocenters. The molecular weight excluding hydrogens is 231 g/mol. The van der Waals surface area contributed by atoms with Crippen LogP contribution in [0.5, 0.6) is 0 Å². The number of hydrogen-bond donors (Lipinski definition) is 0. The quantitative estimate of drug-likeness (QED) is 0.342. The number of hydrogen-bond acceptors (Lipinski definition) is 2. The molecule has 0 radical (unpaired) electrons. The fraction of sp³-hybridized carbons (Fsp3) is 0.273. The Labute approximate surface area is 99.7 Å². The fourth-order valence-electron chi connectivity index (χ4n) is 1.08. The topological polar surface area (TPSA) is 25.2 Å². The highest BCUT2D eigenvalue weighted by Gasteiger charge is 2.04. The molecular formula is C11H12Cl2N2. The van der Waals surface area contributed by atoms with Crippen LogP contribution in [0, 0.1) is 6.92 Å². The van der Waals surface area contributed by atoms with Crippen molar-refractivity contribution in [2.45, 2.75) is 13.3 Å². The Morgan fingerprint density at radius 2 is 2.27 bits per heavy atom. The number of aliphatic imine (C=N–C) groups is 1. The van der Waals surface area contributed by atoms with Crippen LogP contribution in [0.4, 0.5) is 0 Å². The van der Waals surface area contributed by atoms with Crippen molar-refractivity contribution >= 4 is 29.4 Å². The summed E-state index contributed by atoms with van der Waals surface area (Å²) in [5, 5.41) is 0.795. The summed E-state index contributed by atoms with van der Waals surface area (Å²) < 4.78 is 0. The van der Waals surface area contributed by atoms with Crippen molar-refractivity contribution in [3.8, 4) is 0 Å². The Morgan fingerprint density at radius 1 is 1.53 bits per heavy atom. The highest BCUT2D eigenvalue weighted by atomic mass is 35.5. The van der Waals surface area contributed by atoms with Gasteiger partial charge < -0.3 is 0 Å². The first-order valence-electron chi connectivity index (χ1n) is 4.58. The molecule has 0 fully saturated rings. The van der Waals surface area contributed by atoms with Crippen LogP contribution in [0.1, 0.15) is 17.5 Å². The lowest BCUT2D eigenvalue weighted by Crippen LogP contribution is -1.93. The lowest BCUT2D eigenvalue weighted by Gasteiger charge is -2.02. The van der Waals surface area contributed by atoms with E-state index in [-0.39, 0.29) is 0 Å². The van der Waals surface area contributed by atoms with Crippen molar-refractivity contribution < 1.29 is 0 Å². The zero-order valence-electron chi connectivity index (χ0n) is 8.50. The fourth-order valence-corrected chi connectivity index (χ4v) is 1.66. The minimum Gasteiger partial charge on any atom is -0.292 e. The maximum atomic E-state index is 5.94. The molecule has 15 heavy (non-hydrogen) atoms. The van der Waals surface area contributed by atoms with Gasteiger partial charge in [-0.25, -0.2) is 4.98 Å². The third-order valence-electron chi connectivity index (χ3n) is 1.87. The number of pyridine rings is 1. The Bertz CT molecular complexity index is 363. The molecule has 1 aromatic rings. The van der Waals surface area contributed by atoms with E-state index in [2.05, 4.69) is 16.6 Å². The zero-order valence-corrected chi connectivity index (χ0v) is 10.0. The average Bonchev–Trinajstić information content (AvgIpc) is 2.15. The van der Waals surface area contributed by atoms with E-state index in [0.717, 1.165) is 17.5 Å². The molecule has 0 N–H and O–H groups in total. The van der Waals surface area contributed by atoms with Crippen LogP contribution in [-0.4, -0.2) is 17.7 Å². The number of nitrogens with zero attached hydrogens (tertiary/aromatic N) is 2. The smallest absolute Gasteiger partial charge is 0.139 e. The second-order valence-corrected chi connectivity index (χ2v) is 3.82. The first-order valence-corrected chi connectivity index (χ1v) is 5.34. The van der Waals surface area contributed by atoms with E-state index in [1.54, 1.807) is 12.3 Å². The summed E-state index contributed by atoms with van der Waals surface area (Å²) in [6.45, 7) is 6.26. The average molecular weight is 243 g/mol. The number of halogens is 2. The summed E-state index contributed by atoms with van der Waals surface area (Å²) >= 11 is 11.7. The molecule has 0 aliphatic carbocycles. The van der Waals surface area contributed by atoms with Crippen molar-refractivity contribution in [2.75, 3.05) is 6.54 Å². The molecule has 0 spiro atoms. The maximum absolute atomic E-state index is 5.94.